The molecule has 0 radical (unpaired) electrons. The Morgan fingerprint density at radius 1 is 0.900 bits per heavy atom. The topological polar surface area (TPSA) is 0 Å². The van der Waals surface area contributed by atoms with E-state index in [1.54, 1.807) is 0 Å². The molecular weight excluding hydrogens is 349 g/mol. The Bertz CT molecular complexity index is 782. The van der Waals surface area contributed by atoms with Gasteiger partial charge in [0.05, 0.1) is 4.83 Å². The molecule has 5 heteroatoms. The molecule has 0 amide bonds. The summed E-state index contributed by atoms with van der Waals surface area (Å²) < 4.78 is 41.3. The highest BCUT2D eigenvalue weighted by Crippen LogP contribution is 2.39. The maximum atomic E-state index is 13.9. The molecule has 0 saturated carbocycles. The first-order chi connectivity index (χ1) is 9.59. The Balaban J connectivity index is 2.13. The van der Waals surface area contributed by atoms with Gasteiger partial charge in [-0.25, -0.2) is 13.2 Å². The van der Waals surface area contributed by atoms with Gasteiger partial charge >= 0.3 is 0 Å². The lowest BCUT2D eigenvalue weighted by Crippen LogP contribution is -2.00. The minimum Gasteiger partial charge on any atom is -0.204 e. The second-order valence-corrected chi connectivity index (χ2v) is 6.14. The average Bonchev–Trinajstić information content (AvgIpc) is 2.88. The number of rotatable bonds is 2. The molecule has 0 aliphatic heterocycles. The lowest BCUT2D eigenvalue weighted by atomic mass is 10.0. The number of hydrogen-bond donors (Lipinski definition) is 0. The zero-order valence-electron chi connectivity index (χ0n) is 10.0. The van der Waals surface area contributed by atoms with Crippen LogP contribution in [-0.2, 0) is 0 Å². The smallest absolute Gasteiger partial charge is 0.194 e. The van der Waals surface area contributed by atoms with Crippen molar-refractivity contribution >= 4 is 37.4 Å². The summed E-state index contributed by atoms with van der Waals surface area (Å²) >= 11 is 4.91. The molecule has 102 valence electrons. The average molecular weight is 357 g/mol. The SMILES string of the molecule is Fc1ccc(C(Br)c2csc3ccccc23)c(F)c1F. The number of halogens is 4. The van der Waals surface area contributed by atoms with E-state index in [1.165, 1.54) is 17.4 Å². The molecular formula is C15H8BrF3S. The van der Waals surface area contributed by atoms with Crippen molar-refractivity contribution in [3.8, 4) is 0 Å². The van der Waals surface area contributed by atoms with Gasteiger partial charge in [0.25, 0.3) is 0 Å². The van der Waals surface area contributed by atoms with Crippen LogP contribution < -0.4 is 0 Å². The van der Waals surface area contributed by atoms with E-state index >= 15 is 0 Å². The van der Waals surface area contributed by atoms with Gasteiger partial charge in [0.1, 0.15) is 0 Å². The Labute approximate surface area is 126 Å². The fourth-order valence-electron chi connectivity index (χ4n) is 2.10. The van der Waals surface area contributed by atoms with Gasteiger partial charge in [0.15, 0.2) is 17.5 Å². The van der Waals surface area contributed by atoms with E-state index in [0.717, 1.165) is 21.7 Å². The van der Waals surface area contributed by atoms with Gasteiger partial charge in [-0.05, 0) is 28.5 Å². The Kier molecular flexibility index (Phi) is 3.56. The van der Waals surface area contributed by atoms with Gasteiger partial charge in [-0.1, -0.05) is 40.2 Å². The molecule has 0 saturated heterocycles. The normalized spacial score (nSPS) is 12.8. The highest BCUT2D eigenvalue weighted by atomic mass is 79.9. The molecule has 3 aromatic rings. The van der Waals surface area contributed by atoms with Gasteiger partial charge in [-0.2, -0.15) is 0 Å². The van der Waals surface area contributed by atoms with Crippen LogP contribution in [0.5, 0.6) is 0 Å². The number of fused-ring (bicyclic) bond motifs is 1. The molecule has 2 aromatic carbocycles. The highest BCUT2D eigenvalue weighted by molar-refractivity contribution is 9.09. The Hall–Kier alpha value is -1.33. The van der Waals surface area contributed by atoms with Crippen molar-refractivity contribution in [2.75, 3.05) is 0 Å². The number of thiophene rings is 1. The molecule has 0 aliphatic carbocycles. The summed E-state index contributed by atoms with van der Waals surface area (Å²) in [6.45, 7) is 0. The molecule has 0 aliphatic rings. The van der Waals surface area contributed by atoms with Crippen molar-refractivity contribution in [3.05, 3.63) is 70.4 Å². The van der Waals surface area contributed by atoms with Crippen LogP contribution in [0.25, 0.3) is 10.1 Å². The molecule has 1 atom stereocenters. The predicted octanol–water partition coefficient (Wildman–Crippen LogP) is 5.80. The van der Waals surface area contributed by atoms with E-state index in [2.05, 4.69) is 15.9 Å². The molecule has 0 fully saturated rings. The summed E-state index contributed by atoms with van der Waals surface area (Å²) in [5, 5.41) is 2.87. The summed E-state index contributed by atoms with van der Waals surface area (Å²) in [6.07, 6.45) is 0. The van der Waals surface area contributed by atoms with Crippen molar-refractivity contribution < 1.29 is 13.2 Å². The third-order valence-corrected chi connectivity index (χ3v) is 5.09. The van der Waals surface area contributed by atoms with E-state index in [1.807, 2.05) is 29.6 Å². The van der Waals surface area contributed by atoms with Crippen LogP contribution in [0, 0.1) is 17.5 Å². The lowest BCUT2D eigenvalue weighted by molar-refractivity contribution is 0.442. The lowest BCUT2D eigenvalue weighted by Gasteiger charge is -2.11. The van der Waals surface area contributed by atoms with Crippen molar-refractivity contribution in [2.24, 2.45) is 0 Å². The van der Waals surface area contributed by atoms with E-state index < -0.39 is 22.3 Å². The zero-order valence-corrected chi connectivity index (χ0v) is 12.4. The summed E-state index contributed by atoms with van der Waals surface area (Å²) in [5.41, 5.74) is 0.933. The molecule has 0 nitrogen and oxygen atoms in total. The van der Waals surface area contributed by atoms with Crippen LogP contribution in [0.2, 0.25) is 0 Å². The second kappa shape index (κ2) is 5.22. The van der Waals surface area contributed by atoms with Crippen molar-refractivity contribution in [1.82, 2.24) is 0 Å². The van der Waals surface area contributed by atoms with Gasteiger partial charge in [-0.3, -0.25) is 0 Å². The molecule has 1 unspecified atom stereocenters. The van der Waals surface area contributed by atoms with E-state index in [4.69, 9.17) is 0 Å². The van der Waals surface area contributed by atoms with E-state index in [9.17, 15) is 13.2 Å². The van der Waals surface area contributed by atoms with E-state index in [-0.39, 0.29) is 5.56 Å². The molecule has 0 N–H and O–H groups in total. The maximum absolute atomic E-state index is 13.9. The third kappa shape index (κ3) is 2.15. The minimum atomic E-state index is -1.44. The van der Waals surface area contributed by atoms with Gasteiger partial charge < -0.3 is 0 Å². The molecule has 0 bridgehead atoms. The quantitative estimate of drug-likeness (QED) is 0.402. The molecule has 20 heavy (non-hydrogen) atoms. The maximum Gasteiger partial charge on any atom is 0.194 e. The first-order valence-electron chi connectivity index (χ1n) is 5.83. The van der Waals surface area contributed by atoms with Crippen LogP contribution in [0.4, 0.5) is 13.2 Å². The fraction of sp³-hybridized carbons (Fsp3) is 0.0667. The van der Waals surface area contributed by atoms with Crippen LogP contribution in [-0.4, -0.2) is 0 Å². The monoisotopic (exact) mass is 356 g/mol. The fourth-order valence-corrected chi connectivity index (χ4v) is 3.99. The zero-order chi connectivity index (χ0) is 14.3. The van der Waals surface area contributed by atoms with Crippen LogP contribution in [0.3, 0.4) is 0 Å². The van der Waals surface area contributed by atoms with Crippen LogP contribution >= 0.6 is 27.3 Å². The first kappa shape index (κ1) is 13.6. The van der Waals surface area contributed by atoms with Gasteiger partial charge in [0, 0.05) is 10.3 Å². The van der Waals surface area contributed by atoms with E-state index in [0.29, 0.717) is 0 Å². The number of hydrogen-bond acceptors (Lipinski definition) is 1. The Morgan fingerprint density at radius 2 is 1.65 bits per heavy atom. The molecule has 3 rings (SSSR count). The molecule has 1 heterocycles. The summed E-state index contributed by atoms with van der Waals surface area (Å²) in [5.74, 6) is -3.77. The number of benzene rings is 2. The van der Waals surface area contributed by atoms with Crippen molar-refractivity contribution in [3.63, 3.8) is 0 Å². The van der Waals surface area contributed by atoms with Gasteiger partial charge in [0.2, 0.25) is 0 Å². The molecule has 1 aromatic heterocycles. The summed E-state index contributed by atoms with van der Waals surface area (Å²) in [7, 11) is 0. The van der Waals surface area contributed by atoms with Gasteiger partial charge in [-0.15, -0.1) is 11.3 Å². The van der Waals surface area contributed by atoms with Crippen LogP contribution in [0.15, 0.2) is 41.8 Å². The number of alkyl halides is 1. The Morgan fingerprint density at radius 3 is 2.45 bits per heavy atom. The standard InChI is InChI=1S/C15H8BrF3S/c16-13(9-5-6-11(17)15(19)14(9)18)10-7-20-12-4-2-1-3-8(10)12/h1-7,13H. The van der Waals surface area contributed by atoms with Crippen molar-refractivity contribution in [2.45, 2.75) is 4.83 Å². The first-order valence-corrected chi connectivity index (χ1v) is 7.62. The summed E-state index contributed by atoms with van der Waals surface area (Å²) in [6, 6.07) is 9.90. The highest BCUT2D eigenvalue weighted by Gasteiger charge is 2.22. The van der Waals surface area contributed by atoms with Crippen molar-refractivity contribution in [1.29, 1.82) is 0 Å². The molecule has 0 spiro atoms. The minimum absolute atomic E-state index is 0.0902. The van der Waals surface area contributed by atoms with Crippen LogP contribution in [0.1, 0.15) is 16.0 Å². The predicted molar refractivity (Wildman–Crippen MR) is 78.9 cm³/mol. The second-order valence-electron chi connectivity index (χ2n) is 4.31. The largest absolute Gasteiger partial charge is 0.204 e. The summed E-state index contributed by atoms with van der Waals surface area (Å²) in [4.78, 5) is -0.520. The third-order valence-electron chi connectivity index (χ3n) is 3.12.